The Morgan fingerprint density at radius 3 is 2.81 bits per heavy atom. The predicted octanol–water partition coefficient (Wildman–Crippen LogP) is 3.40. The van der Waals surface area contributed by atoms with Gasteiger partial charge in [-0.3, -0.25) is 4.79 Å². The van der Waals surface area contributed by atoms with Crippen LogP contribution in [0.3, 0.4) is 0 Å². The van der Waals surface area contributed by atoms with Gasteiger partial charge in [-0.05, 0) is 30.2 Å². The van der Waals surface area contributed by atoms with Crippen LogP contribution in [0.25, 0.3) is 0 Å². The zero-order valence-electron chi connectivity index (χ0n) is 9.98. The van der Waals surface area contributed by atoms with Gasteiger partial charge in [-0.25, -0.2) is 0 Å². The van der Waals surface area contributed by atoms with Crippen LogP contribution in [0.15, 0.2) is 16.8 Å². The number of carbonyl (C=O) groups excluding carboxylic acids is 1. The van der Waals surface area contributed by atoms with E-state index >= 15 is 0 Å². The van der Waals surface area contributed by atoms with Crippen LogP contribution in [-0.4, -0.2) is 23.9 Å². The fourth-order valence-corrected chi connectivity index (χ4v) is 3.24. The van der Waals surface area contributed by atoms with Gasteiger partial charge >= 0.3 is 0 Å². The molecule has 1 aromatic heterocycles. The normalized spacial score (nSPS) is 25.4. The molecule has 1 heterocycles. The average molecular weight is 237 g/mol. The standard InChI is InChI=1S/C13H19NOS/c1-10-5-3-4-6-12(10)14(2)13(15)11-7-8-16-9-11/h7-10,12H,3-6H2,1-2H3/t10-,12+/m1/s1. The summed E-state index contributed by atoms with van der Waals surface area (Å²) in [6.45, 7) is 2.27. The van der Waals surface area contributed by atoms with Crippen molar-refractivity contribution in [2.45, 2.75) is 38.6 Å². The molecule has 2 rings (SSSR count). The Balaban J connectivity index is 2.06. The van der Waals surface area contributed by atoms with E-state index in [1.54, 1.807) is 11.3 Å². The Morgan fingerprint density at radius 2 is 2.19 bits per heavy atom. The molecule has 0 bridgehead atoms. The van der Waals surface area contributed by atoms with Crippen molar-refractivity contribution in [2.75, 3.05) is 7.05 Å². The molecule has 1 aromatic rings. The second-order valence-corrected chi connectivity index (χ2v) is 5.54. The first-order chi connectivity index (χ1) is 7.70. The fraction of sp³-hybridized carbons (Fsp3) is 0.615. The quantitative estimate of drug-likeness (QED) is 0.772. The SMILES string of the molecule is C[C@@H]1CCCC[C@@H]1N(C)C(=O)c1ccsc1. The van der Waals surface area contributed by atoms with Crippen molar-refractivity contribution in [3.8, 4) is 0 Å². The van der Waals surface area contributed by atoms with Crippen molar-refractivity contribution in [3.63, 3.8) is 0 Å². The summed E-state index contributed by atoms with van der Waals surface area (Å²) in [7, 11) is 1.95. The zero-order chi connectivity index (χ0) is 11.5. The van der Waals surface area contributed by atoms with E-state index in [4.69, 9.17) is 0 Å². The van der Waals surface area contributed by atoms with Crippen LogP contribution in [-0.2, 0) is 0 Å². The van der Waals surface area contributed by atoms with Gasteiger partial charge < -0.3 is 4.90 Å². The molecule has 0 aliphatic heterocycles. The van der Waals surface area contributed by atoms with Crippen LogP contribution in [0.1, 0.15) is 43.0 Å². The van der Waals surface area contributed by atoms with Crippen LogP contribution in [0.5, 0.6) is 0 Å². The van der Waals surface area contributed by atoms with Gasteiger partial charge in [-0.1, -0.05) is 19.8 Å². The number of hydrogen-bond donors (Lipinski definition) is 0. The van der Waals surface area contributed by atoms with Crippen molar-refractivity contribution in [2.24, 2.45) is 5.92 Å². The maximum atomic E-state index is 12.2. The Kier molecular flexibility index (Phi) is 3.64. The van der Waals surface area contributed by atoms with Crippen LogP contribution in [0.4, 0.5) is 0 Å². The lowest BCUT2D eigenvalue weighted by Gasteiger charge is -2.36. The first-order valence-corrected chi connectivity index (χ1v) is 6.94. The number of amides is 1. The minimum absolute atomic E-state index is 0.181. The summed E-state index contributed by atoms with van der Waals surface area (Å²) in [6, 6.07) is 2.35. The van der Waals surface area contributed by atoms with Gasteiger partial charge in [0.25, 0.3) is 5.91 Å². The van der Waals surface area contributed by atoms with Crippen LogP contribution < -0.4 is 0 Å². The molecule has 16 heavy (non-hydrogen) atoms. The van der Waals surface area contributed by atoms with Crippen molar-refractivity contribution in [3.05, 3.63) is 22.4 Å². The number of thiophene rings is 1. The molecular weight excluding hydrogens is 218 g/mol. The summed E-state index contributed by atoms with van der Waals surface area (Å²) in [4.78, 5) is 14.1. The van der Waals surface area contributed by atoms with Gasteiger partial charge in [0.15, 0.2) is 0 Å². The van der Waals surface area contributed by atoms with Gasteiger partial charge in [0, 0.05) is 18.5 Å². The lowest BCUT2D eigenvalue weighted by molar-refractivity contribution is 0.0629. The van der Waals surface area contributed by atoms with E-state index in [0.29, 0.717) is 12.0 Å². The third-order valence-corrected chi connectivity index (χ3v) is 4.34. The summed E-state index contributed by atoms with van der Waals surface area (Å²) in [5.74, 6) is 0.821. The summed E-state index contributed by atoms with van der Waals surface area (Å²) in [6.07, 6.45) is 4.99. The van der Waals surface area contributed by atoms with E-state index in [0.717, 1.165) is 12.0 Å². The second kappa shape index (κ2) is 5.00. The molecule has 0 spiro atoms. The first-order valence-electron chi connectivity index (χ1n) is 5.99. The van der Waals surface area contributed by atoms with E-state index < -0.39 is 0 Å². The van der Waals surface area contributed by atoms with E-state index in [-0.39, 0.29) is 5.91 Å². The predicted molar refractivity (Wildman–Crippen MR) is 67.8 cm³/mol. The highest BCUT2D eigenvalue weighted by Crippen LogP contribution is 2.28. The summed E-state index contributed by atoms with van der Waals surface area (Å²) in [5.41, 5.74) is 0.838. The van der Waals surface area contributed by atoms with Crippen molar-refractivity contribution in [1.29, 1.82) is 0 Å². The molecule has 1 fully saturated rings. The fourth-order valence-electron chi connectivity index (χ4n) is 2.61. The highest BCUT2D eigenvalue weighted by molar-refractivity contribution is 7.08. The van der Waals surface area contributed by atoms with E-state index in [1.807, 2.05) is 28.8 Å². The monoisotopic (exact) mass is 237 g/mol. The lowest BCUT2D eigenvalue weighted by atomic mass is 9.85. The lowest BCUT2D eigenvalue weighted by Crippen LogP contribution is -2.42. The molecular formula is C13H19NOS. The molecule has 3 heteroatoms. The van der Waals surface area contributed by atoms with E-state index in [9.17, 15) is 4.79 Å². The Hall–Kier alpha value is -0.830. The average Bonchev–Trinajstić information content (AvgIpc) is 2.81. The summed E-state index contributed by atoms with van der Waals surface area (Å²) < 4.78 is 0. The maximum Gasteiger partial charge on any atom is 0.254 e. The van der Waals surface area contributed by atoms with Crippen LogP contribution in [0.2, 0.25) is 0 Å². The van der Waals surface area contributed by atoms with E-state index in [2.05, 4.69) is 6.92 Å². The molecule has 1 saturated carbocycles. The van der Waals surface area contributed by atoms with E-state index in [1.165, 1.54) is 19.3 Å². The maximum absolute atomic E-state index is 12.2. The minimum Gasteiger partial charge on any atom is -0.338 e. The summed E-state index contributed by atoms with van der Waals surface area (Å²) >= 11 is 1.59. The van der Waals surface area contributed by atoms with Gasteiger partial charge in [0.05, 0.1) is 5.56 Å². The number of hydrogen-bond acceptors (Lipinski definition) is 2. The van der Waals surface area contributed by atoms with Gasteiger partial charge in [0.2, 0.25) is 0 Å². The Morgan fingerprint density at radius 1 is 1.44 bits per heavy atom. The zero-order valence-corrected chi connectivity index (χ0v) is 10.8. The second-order valence-electron chi connectivity index (χ2n) is 4.76. The van der Waals surface area contributed by atoms with Gasteiger partial charge in [-0.2, -0.15) is 11.3 Å². The smallest absolute Gasteiger partial charge is 0.254 e. The molecule has 2 nitrogen and oxygen atoms in total. The third kappa shape index (κ3) is 2.29. The molecule has 1 aliphatic rings. The number of carbonyl (C=O) groups is 1. The van der Waals surface area contributed by atoms with Gasteiger partial charge in [0.1, 0.15) is 0 Å². The minimum atomic E-state index is 0.181. The topological polar surface area (TPSA) is 20.3 Å². The highest BCUT2D eigenvalue weighted by atomic mass is 32.1. The third-order valence-electron chi connectivity index (χ3n) is 3.65. The van der Waals surface area contributed by atoms with Crippen LogP contribution >= 0.6 is 11.3 Å². The summed E-state index contributed by atoms with van der Waals surface area (Å²) in [5, 5.41) is 3.90. The van der Waals surface area contributed by atoms with Crippen LogP contribution in [0, 0.1) is 5.92 Å². The van der Waals surface area contributed by atoms with Gasteiger partial charge in [-0.15, -0.1) is 0 Å². The molecule has 0 unspecified atom stereocenters. The number of rotatable bonds is 2. The van der Waals surface area contributed by atoms with Crippen molar-refractivity contribution < 1.29 is 4.79 Å². The Bertz CT molecular complexity index is 347. The molecule has 1 aliphatic carbocycles. The first kappa shape index (κ1) is 11.6. The molecule has 1 amide bonds. The van der Waals surface area contributed by atoms with Crippen molar-refractivity contribution in [1.82, 2.24) is 4.90 Å². The molecule has 0 N–H and O–H groups in total. The molecule has 0 aromatic carbocycles. The molecule has 0 saturated heterocycles. The molecule has 88 valence electrons. The largest absolute Gasteiger partial charge is 0.338 e. The molecule has 2 atom stereocenters. The Labute approximate surface area is 101 Å². The highest BCUT2D eigenvalue weighted by Gasteiger charge is 2.28. The van der Waals surface area contributed by atoms with Crippen molar-refractivity contribution >= 4 is 17.2 Å². The number of nitrogens with zero attached hydrogens (tertiary/aromatic N) is 1. The molecule has 0 radical (unpaired) electrons.